The highest BCUT2D eigenvalue weighted by Gasteiger charge is 2.20. The molecule has 4 heteroatoms. The second-order valence-corrected chi connectivity index (χ2v) is 5.06. The highest BCUT2D eigenvalue weighted by Crippen LogP contribution is 2.30. The first-order chi connectivity index (χ1) is 9.67. The van der Waals surface area contributed by atoms with Crippen molar-refractivity contribution < 1.29 is 8.78 Å². The van der Waals surface area contributed by atoms with Crippen LogP contribution in [0.5, 0.6) is 0 Å². The second-order valence-electron chi connectivity index (χ2n) is 5.06. The van der Waals surface area contributed by atoms with Crippen molar-refractivity contribution in [3.05, 3.63) is 64.7 Å². The van der Waals surface area contributed by atoms with Crippen LogP contribution in [0.1, 0.15) is 16.7 Å². The number of hydrogen-bond donors (Lipinski definition) is 1. The number of nitrogens with two attached hydrogens (primary N) is 1. The molecule has 2 aromatic carbocycles. The van der Waals surface area contributed by atoms with Crippen LogP contribution >= 0.6 is 0 Å². The summed E-state index contributed by atoms with van der Waals surface area (Å²) >= 11 is 0. The van der Waals surface area contributed by atoms with Gasteiger partial charge in [-0.1, -0.05) is 12.1 Å². The Morgan fingerprint density at radius 2 is 1.75 bits per heavy atom. The van der Waals surface area contributed by atoms with Crippen LogP contribution in [0.4, 0.5) is 14.5 Å². The van der Waals surface area contributed by atoms with E-state index in [0.29, 0.717) is 13.1 Å². The van der Waals surface area contributed by atoms with Gasteiger partial charge in [-0.2, -0.15) is 0 Å². The monoisotopic (exact) mass is 274 g/mol. The van der Waals surface area contributed by atoms with E-state index >= 15 is 0 Å². The van der Waals surface area contributed by atoms with E-state index < -0.39 is 0 Å². The van der Waals surface area contributed by atoms with Crippen LogP contribution in [0.3, 0.4) is 0 Å². The summed E-state index contributed by atoms with van der Waals surface area (Å²) in [6, 6.07) is 9.56. The first kappa shape index (κ1) is 13.1. The van der Waals surface area contributed by atoms with Gasteiger partial charge in [0, 0.05) is 25.3 Å². The Bertz CT molecular complexity index is 640. The maximum Gasteiger partial charge on any atom is 0.125 e. The van der Waals surface area contributed by atoms with Crippen molar-refractivity contribution in [2.75, 3.05) is 11.4 Å². The number of benzene rings is 2. The molecule has 2 N–H and O–H groups in total. The van der Waals surface area contributed by atoms with E-state index in [1.165, 1.54) is 18.2 Å². The van der Waals surface area contributed by atoms with E-state index in [9.17, 15) is 8.78 Å². The van der Waals surface area contributed by atoms with E-state index in [-0.39, 0.29) is 11.6 Å². The van der Waals surface area contributed by atoms with Crippen molar-refractivity contribution in [3.8, 4) is 0 Å². The molecular weight excluding hydrogens is 258 g/mol. The molecule has 2 aromatic rings. The molecule has 3 rings (SSSR count). The molecule has 0 radical (unpaired) electrons. The molecule has 1 heterocycles. The Labute approximate surface area is 116 Å². The number of rotatable bonds is 3. The first-order valence-electron chi connectivity index (χ1n) is 6.68. The molecule has 0 atom stereocenters. The van der Waals surface area contributed by atoms with Gasteiger partial charge in [0.15, 0.2) is 0 Å². The Balaban J connectivity index is 1.89. The first-order valence-corrected chi connectivity index (χ1v) is 6.68. The predicted octanol–water partition coefficient (Wildman–Crippen LogP) is 2.99. The molecule has 0 unspecified atom stereocenters. The minimum Gasteiger partial charge on any atom is -0.367 e. The normalized spacial score (nSPS) is 13.7. The Kier molecular flexibility index (Phi) is 3.40. The average molecular weight is 274 g/mol. The lowest BCUT2D eigenvalue weighted by Crippen LogP contribution is -2.21. The molecule has 1 aliphatic heterocycles. The largest absolute Gasteiger partial charge is 0.367 e. The summed E-state index contributed by atoms with van der Waals surface area (Å²) in [7, 11) is 0. The van der Waals surface area contributed by atoms with E-state index in [0.717, 1.165) is 35.3 Å². The van der Waals surface area contributed by atoms with E-state index in [2.05, 4.69) is 4.90 Å². The highest BCUT2D eigenvalue weighted by molar-refractivity contribution is 5.58. The number of nitrogens with zero attached hydrogens (tertiary/aromatic N) is 1. The molecular formula is C16H16F2N2. The van der Waals surface area contributed by atoms with Crippen LogP contribution in [-0.2, 0) is 19.5 Å². The van der Waals surface area contributed by atoms with Crippen LogP contribution < -0.4 is 10.6 Å². The van der Waals surface area contributed by atoms with E-state index in [1.54, 1.807) is 12.1 Å². The predicted molar refractivity (Wildman–Crippen MR) is 75.4 cm³/mol. The molecule has 104 valence electrons. The SMILES string of the molecule is NCc1cc(F)ccc1CN1CCc2ccc(F)cc21. The van der Waals surface area contributed by atoms with Crippen molar-refractivity contribution in [1.82, 2.24) is 0 Å². The summed E-state index contributed by atoms with van der Waals surface area (Å²) in [4.78, 5) is 2.12. The van der Waals surface area contributed by atoms with E-state index in [4.69, 9.17) is 5.73 Å². The van der Waals surface area contributed by atoms with Gasteiger partial charge in [0.2, 0.25) is 0 Å². The zero-order valence-electron chi connectivity index (χ0n) is 11.1. The highest BCUT2D eigenvalue weighted by atomic mass is 19.1. The Morgan fingerprint density at radius 1 is 1.00 bits per heavy atom. The van der Waals surface area contributed by atoms with Crippen molar-refractivity contribution in [1.29, 1.82) is 0 Å². The summed E-state index contributed by atoms with van der Waals surface area (Å²) in [5.74, 6) is -0.504. The van der Waals surface area contributed by atoms with Crippen LogP contribution in [-0.4, -0.2) is 6.54 Å². The van der Waals surface area contributed by atoms with Crippen LogP contribution in [0, 0.1) is 11.6 Å². The number of halogens is 2. The molecule has 0 saturated carbocycles. The second kappa shape index (κ2) is 5.21. The fourth-order valence-electron chi connectivity index (χ4n) is 2.73. The maximum absolute atomic E-state index is 13.4. The van der Waals surface area contributed by atoms with Gasteiger partial charge < -0.3 is 10.6 Å². The van der Waals surface area contributed by atoms with Crippen molar-refractivity contribution in [3.63, 3.8) is 0 Å². The summed E-state index contributed by atoms with van der Waals surface area (Å²) in [5.41, 5.74) is 9.54. The quantitative estimate of drug-likeness (QED) is 0.932. The number of anilines is 1. The molecule has 0 aliphatic carbocycles. The third-order valence-corrected chi connectivity index (χ3v) is 3.79. The van der Waals surface area contributed by atoms with Crippen molar-refractivity contribution in [2.24, 2.45) is 5.73 Å². The molecule has 0 fully saturated rings. The van der Waals surface area contributed by atoms with Gasteiger partial charge >= 0.3 is 0 Å². The van der Waals surface area contributed by atoms with Gasteiger partial charge in [-0.25, -0.2) is 8.78 Å². The Hall–Kier alpha value is -1.94. The summed E-state index contributed by atoms with van der Waals surface area (Å²) in [5, 5.41) is 0. The lowest BCUT2D eigenvalue weighted by atomic mass is 10.1. The van der Waals surface area contributed by atoms with Gasteiger partial charge in [0.1, 0.15) is 11.6 Å². The van der Waals surface area contributed by atoms with Gasteiger partial charge in [-0.05, 0) is 47.4 Å². The molecule has 0 aromatic heterocycles. The average Bonchev–Trinajstić information content (AvgIpc) is 2.83. The molecule has 1 aliphatic rings. The van der Waals surface area contributed by atoms with Gasteiger partial charge in [-0.3, -0.25) is 0 Å². The van der Waals surface area contributed by atoms with Gasteiger partial charge in [0.05, 0.1) is 0 Å². The number of hydrogen-bond acceptors (Lipinski definition) is 2. The third kappa shape index (κ3) is 2.39. The maximum atomic E-state index is 13.4. The minimum atomic E-state index is -0.276. The molecule has 2 nitrogen and oxygen atoms in total. The van der Waals surface area contributed by atoms with Gasteiger partial charge in [0.25, 0.3) is 0 Å². The topological polar surface area (TPSA) is 29.3 Å². The van der Waals surface area contributed by atoms with E-state index in [1.807, 2.05) is 6.07 Å². The zero-order chi connectivity index (χ0) is 14.1. The smallest absolute Gasteiger partial charge is 0.125 e. The molecule has 0 spiro atoms. The standard InChI is InChI=1S/C16H16F2N2/c17-14-4-2-12(13(7-14)9-19)10-20-6-5-11-1-3-15(18)8-16(11)20/h1-4,7-8H,5-6,9-10,19H2. The summed E-state index contributed by atoms with van der Waals surface area (Å²) < 4.78 is 26.6. The third-order valence-electron chi connectivity index (χ3n) is 3.79. The molecule has 20 heavy (non-hydrogen) atoms. The van der Waals surface area contributed by atoms with Crippen molar-refractivity contribution in [2.45, 2.75) is 19.5 Å². The Morgan fingerprint density at radius 3 is 2.55 bits per heavy atom. The molecule has 0 amide bonds. The van der Waals surface area contributed by atoms with Crippen molar-refractivity contribution >= 4 is 5.69 Å². The fraction of sp³-hybridized carbons (Fsp3) is 0.250. The van der Waals surface area contributed by atoms with Crippen LogP contribution in [0.15, 0.2) is 36.4 Å². The minimum absolute atomic E-state index is 0.228. The summed E-state index contributed by atoms with van der Waals surface area (Å²) in [6.07, 6.45) is 0.911. The van der Waals surface area contributed by atoms with Gasteiger partial charge in [-0.15, -0.1) is 0 Å². The fourth-order valence-corrected chi connectivity index (χ4v) is 2.73. The summed E-state index contributed by atoms with van der Waals surface area (Å²) in [6.45, 7) is 1.78. The van der Waals surface area contributed by atoms with Crippen LogP contribution in [0.25, 0.3) is 0 Å². The lowest BCUT2D eigenvalue weighted by molar-refractivity contribution is 0.623. The zero-order valence-corrected chi connectivity index (χ0v) is 11.1. The molecule has 0 bridgehead atoms. The number of fused-ring (bicyclic) bond motifs is 1. The van der Waals surface area contributed by atoms with Crippen LogP contribution in [0.2, 0.25) is 0 Å². The molecule has 0 saturated heterocycles. The lowest BCUT2D eigenvalue weighted by Gasteiger charge is -2.21.